The SMILES string of the molecule is CC(C)C1(C=O)CCCC1. The van der Waals surface area contributed by atoms with Gasteiger partial charge in [-0.1, -0.05) is 26.7 Å². The molecule has 0 aromatic heterocycles. The molecule has 1 fully saturated rings. The molecule has 1 heteroatoms. The first-order valence-corrected chi connectivity index (χ1v) is 4.17. The van der Waals surface area contributed by atoms with Crippen LogP contribution >= 0.6 is 0 Å². The van der Waals surface area contributed by atoms with E-state index in [0.29, 0.717) is 5.92 Å². The Morgan fingerprint density at radius 2 is 1.80 bits per heavy atom. The van der Waals surface area contributed by atoms with Crippen molar-refractivity contribution in [3.05, 3.63) is 0 Å². The Labute approximate surface area is 62.8 Å². The number of rotatable bonds is 2. The molecule has 0 saturated heterocycles. The van der Waals surface area contributed by atoms with Crippen LogP contribution in [0.15, 0.2) is 0 Å². The van der Waals surface area contributed by atoms with Crippen LogP contribution in [0.2, 0.25) is 0 Å². The van der Waals surface area contributed by atoms with Crippen LogP contribution in [0.5, 0.6) is 0 Å². The van der Waals surface area contributed by atoms with Crippen LogP contribution in [-0.2, 0) is 4.79 Å². The summed E-state index contributed by atoms with van der Waals surface area (Å²) in [5, 5.41) is 0. The molecule has 1 saturated carbocycles. The van der Waals surface area contributed by atoms with Gasteiger partial charge in [0, 0.05) is 5.41 Å². The molecule has 0 heterocycles. The van der Waals surface area contributed by atoms with E-state index in [1.165, 1.54) is 19.1 Å². The van der Waals surface area contributed by atoms with Crippen molar-refractivity contribution in [2.75, 3.05) is 0 Å². The van der Waals surface area contributed by atoms with Gasteiger partial charge in [-0.2, -0.15) is 0 Å². The maximum atomic E-state index is 10.8. The number of hydrogen-bond donors (Lipinski definition) is 0. The molecule has 0 bridgehead atoms. The summed E-state index contributed by atoms with van der Waals surface area (Å²) in [6.45, 7) is 4.30. The Bertz CT molecular complexity index is 121. The summed E-state index contributed by atoms with van der Waals surface area (Å²) < 4.78 is 0. The van der Waals surface area contributed by atoms with E-state index in [1.807, 2.05) is 0 Å². The molecular formula is C9H16O. The van der Waals surface area contributed by atoms with Crippen molar-refractivity contribution in [1.29, 1.82) is 0 Å². The zero-order valence-electron chi connectivity index (χ0n) is 6.89. The molecule has 1 aliphatic rings. The van der Waals surface area contributed by atoms with Crippen molar-refractivity contribution in [1.82, 2.24) is 0 Å². The zero-order chi connectivity index (χ0) is 7.61. The van der Waals surface area contributed by atoms with E-state index >= 15 is 0 Å². The Morgan fingerprint density at radius 3 is 2.00 bits per heavy atom. The van der Waals surface area contributed by atoms with Gasteiger partial charge in [0.05, 0.1) is 0 Å². The largest absolute Gasteiger partial charge is 0.303 e. The standard InChI is InChI=1S/C9H16O/c1-8(2)9(7-10)5-3-4-6-9/h7-8H,3-6H2,1-2H3. The fraction of sp³-hybridized carbons (Fsp3) is 0.889. The number of hydrogen-bond acceptors (Lipinski definition) is 1. The lowest BCUT2D eigenvalue weighted by Crippen LogP contribution is -2.24. The molecule has 1 rings (SSSR count). The molecule has 0 unspecified atom stereocenters. The highest BCUT2D eigenvalue weighted by Gasteiger charge is 2.36. The summed E-state index contributed by atoms with van der Waals surface area (Å²) in [6, 6.07) is 0. The maximum absolute atomic E-state index is 10.8. The Balaban J connectivity index is 2.67. The molecule has 0 aromatic rings. The molecule has 0 aliphatic heterocycles. The van der Waals surface area contributed by atoms with Crippen molar-refractivity contribution in [3.63, 3.8) is 0 Å². The number of aldehydes is 1. The van der Waals surface area contributed by atoms with Gasteiger partial charge in [0.15, 0.2) is 0 Å². The molecule has 10 heavy (non-hydrogen) atoms. The molecule has 0 amide bonds. The van der Waals surface area contributed by atoms with Crippen LogP contribution in [-0.4, -0.2) is 6.29 Å². The lowest BCUT2D eigenvalue weighted by atomic mass is 9.77. The minimum Gasteiger partial charge on any atom is -0.303 e. The van der Waals surface area contributed by atoms with Crippen molar-refractivity contribution >= 4 is 6.29 Å². The van der Waals surface area contributed by atoms with Crippen LogP contribution in [0.1, 0.15) is 39.5 Å². The normalized spacial score (nSPS) is 23.5. The lowest BCUT2D eigenvalue weighted by molar-refractivity contribution is -0.118. The van der Waals surface area contributed by atoms with Gasteiger partial charge in [0.2, 0.25) is 0 Å². The second kappa shape index (κ2) is 2.73. The summed E-state index contributed by atoms with van der Waals surface area (Å²) in [4.78, 5) is 10.8. The van der Waals surface area contributed by atoms with Gasteiger partial charge in [-0.15, -0.1) is 0 Å². The predicted octanol–water partition coefficient (Wildman–Crippen LogP) is 2.40. The van der Waals surface area contributed by atoms with Crippen LogP contribution in [0.4, 0.5) is 0 Å². The quantitative estimate of drug-likeness (QED) is 0.538. The monoisotopic (exact) mass is 140 g/mol. The number of carbonyl (C=O) groups is 1. The third kappa shape index (κ3) is 1.09. The second-order valence-electron chi connectivity index (χ2n) is 3.71. The first-order chi connectivity index (χ1) is 4.71. The summed E-state index contributed by atoms with van der Waals surface area (Å²) in [6.07, 6.45) is 5.92. The summed E-state index contributed by atoms with van der Waals surface area (Å²) in [5.41, 5.74) is 0.0556. The molecule has 1 aliphatic carbocycles. The van der Waals surface area contributed by atoms with Gasteiger partial charge in [-0.05, 0) is 18.8 Å². The molecule has 0 aromatic carbocycles. The fourth-order valence-corrected chi connectivity index (χ4v) is 1.86. The van der Waals surface area contributed by atoms with E-state index in [4.69, 9.17) is 0 Å². The molecule has 0 radical (unpaired) electrons. The van der Waals surface area contributed by atoms with Gasteiger partial charge >= 0.3 is 0 Å². The van der Waals surface area contributed by atoms with E-state index in [0.717, 1.165) is 12.8 Å². The van der Waals surface area contributed by atoms with E-state index in [1.54, 1.807) is 0 Å². The van der Waals surface area contributed by atoms with E-state index in [2.05, 4.69) is 13.8 Å². The first-order valence-electron chi connectivity index (χ1n) is 4.17. The summed E-state index contributed by atoms with van der Waals surface area (Å²) >= 11 is 0. The van der Waals surface area contributed by atoms with Crippen molar-refractivity contribution < 1.29 is 4.79 Å². The zero-order valence-corrected chi connectivity index (χ0v) is 6.89. The minimum atomic E-state index is 0.0556. The van der Waals surface area contributed by atoms with E-state index < -0.39 is 0 Å². The second-order valence-corrected chi connectivity index (χ2v) is 3.71. The number of carbonyl (C=O) groups excluding carboxylic acids is 1. The van der Waals surface area contributed by atoms with E-state index in [9.17, 15) is 4.79 Å². The molecule has 0 spiro atoms. The predicted molar refractivity (Wildman–Crippen MR) is 41.8 cm³/mol. The van der Waals surface area contributed by atoms with Crippen LogP contribution < -0.4 is 0 Å². The maximum Gasteiger partial charge on any atom is 0.126 e. The average molecular weight is 140 g/mol. The lowest BCUT2D eigenvalue weighted by Gasteiger charge is -2.25. The average Bonchev–Trinajstić information content (AvgIpc) is 2.35. The topological polar surface area (TPSA) is 17.1 Å². The first kappa shape index (κ1) is 7.77. The third-order valence-corrected chi connectivity index (χ3v) is 2.92. The Hall–Kier alpha value is -0.330. The van der Waals surface area contributed by atoms with Gasteiger partial charge in [0.25, 0.3) is 0 Å². The van der Waals surface area contributed by atoms with Gasteiger partial charge < -0.3 is 4.79 Å². The van der Waals surface area contributed by atoms with Crippen LogP contribution in [0, 0.1) is 11.3 Å². The Morgan fingerprint density at radius 1 is 1.30 bits per heavy atom. The van der Waals surface area contributed by atoms with Crippen molar-refractivity contribution in [2.45, 2.75) is 39.5 Å². The summed E-state index contributed by atoms with van der Waals surface area (Å²) in [5.74, 6) is 0.535. The smallest absolute Gasteiger partial charge is 0.126 e. The molecule has 0 atom stereocenters. The highest BCUT2D eigenvalue weighted by atomic mass is 16.1. The molecule has 58 valence electrons. The highest BCUT2D eigenvalue weighted by molar-refractivity contribution is 5.60. The molecule has 1 nitrogen and oxygen atoms in total. The molecule has 0 N–H and O–H groups in total. The Kier molecular flexibility index (Phi) is 2.12. The minimum absolute atomic E-state index is 0.0556. The summed E-state index contributed by atoms with van der Waals surface area (Å²) in [7, 11) is 0. The fourth-order valence-electron chi connectivity index (χ4n) is 1.86. The van der Waals surface area contributed by atoms with Crippen LogP contribution in [0.25, 0.3) is 0 Å². The van der Waals surface area contributed by atoms with Crippen LogP contribution in [0.3, 0.4) is 0 Å². The van der Waals surface area contributed by atoms with Gasteiger partial charge in [0.1, 0.15) is 6.29 Å². The van der Waals surface area contributed by atoms with E-state index in [-0.39, 0.29) is 5.41 Å². The van der Waals surface area contributed by atoms with Gasteiger partial charge in [-0.25, -0.2) is 0 Å². The third-order valence-electron chi connectivity index (χ3n) is 2.92. The molecular weight excluding hydrogens is 124 g/mol. The van der Waals surface area contributed by atoms with Crippen molar-refractivity contribution in [2.24, 2.45) is 11.3 Å². The van der Waals surface area contributed by atoms with Crippen molar-refractivity contribution in [3.8, 4) is 0 Å². The van der Waals surface area contributed by atoms with Gasteiger partial charge in [-0.3, -0.25) is 0 Å². The highest BCUT2D eigenvalue weighted by Crippen LogP contribution is 2.42.